The van der Waals surface area contributed by atoms with Crippen LogP contribution in [0.3, 0.4) is 0 Å². The van der Waals surface area contributed by atoms with Gasteiger partial charge in [0.1, 0.15) is 11.5 Å². The summed E-state index contributed by atoms with van der Waals surface area (Å²) in [6, 6.07) is 3.78. The highest BCUT2D eigenvalue weighted by atomic mass is 32.2. The monoisotopic (exact) mass is 300 g/mol. The summed E-state index contributed by atoms with van der Waals surface area (Å²) in [5.41, 5.74) is 0. The maximum Gasteiger partial charge on any atom is 0.282 e. The summed E-state index contributed by atoms with van der Waals surface area (Å²) in [5, 5.41) is 0. The van der Waals surface area contributed by atoms with Crippen molar-refractivity contribution in [3.8, 4) is 0 Å². The Morgan fingerprint density at radius 2 is 1.95 bits per heavy atom. The first kappa shape index (κ1) is 15.5. The first-order chi connectivity index (χ1) is 9.23. The summed E-state index contributed by atoms with van der Waals surface area (Å²) in [6.07, 6.45) is 1.16. The molecule has 1 saturated carbocycles. The maximum absolute atomic E-state index is 12.3. The molecule has 1 aliphatic carbocycles. The van der Waals surface area contributed by atoms with E-state index in [-0.39, 0.29) is 12.6 Å². The molecule has 0 radical (unpaired) electrons. The molecule has 1 heterocycles. The van der Waals surface area contributed by atoms with Gasteiger partial charge < -0.3 is 4.42 Å². The van der Waals surface area contributed by atoms with E-state index < -0.39 is 10.2 Å². The highest BCUT2D eigenvalue weighted by Gasteiger charge is 2.36. The third kappa shape index (κ3) is 3.07. The van der Waals surface area contributed by atoms with Crippen LogP contribution in [0.5, 0.6) is 0 Å². The van der Waals surface area contributed by atoms with Gasteiger partial charge >= 0.3 is 0 Å². The molecular weight excluding hydrogens is 276 g/mol. The smallest absolute Gasteiger partial charge is 0.282 e. The highest BCUT2D eigenvalue weighted by molar-refractivity contribution is 7.86. The second kappa shape index (κ2) is 5.50. The molecule has 1 aliphatic rings. The third-order valence-electron chi connectivity index (χ3n) is 4.02. The van der Waals surface area contributed by atoms with E-state index in [4.69, 9.17) is 4.42 Å². The van der Waals surface area contributed by atoms with Crippen LogP contribution < -0.4 is 0 Å². The molecule has 0 saturated heterocycles. The van der Waals surface area contributed by atoms with Crippen molar-refractivity contribution in [3.63, 3.8) is 0 Å². The first-order valence-electron chi connectivity index (χ1n) is 7.01. The van der Waals surface area contributed by atoms with E-state index >= 15 is 0 Å². The molecule has 2 rings (SSSR count). The van der Waals surface area contributed by atoms with Gasteiger partial charge in [0.2, 0.25) is 0 Å². The fourth-order valence-electron chi connectivity index (χ4n) is 2.18. The van der Waals surface area contributed by atoms with Gasteiger partial charge in [0, 0.05) is 26.1 Å². The lowest BCUT2D eigenvalue weighted by Crippen LogP contribution is -2.42. The molecule has 0 aromatic carbocycles. The highest BCUT2D eigenvalue weighted by Crippen LogP contribution is 2.47. The normalized spacial score (nSPS) is 23.0. The van der Waals surface area contributed by atoms with Crippen LogP contribution in [0.4, 0.5) is 0 Å². The fraction of sp³-hybridized carbons (Fsp3) is 0.714. The van der Waals surface area contributed by atoms with Gasteiger partial charge in [-0.05, 0) is 38.3 Å². The number of hydrogen-bond acceptors (Lipinski definition) is 3. The number of rotatable bonds is 6. The summed E-state index contributed by atoms with van der Waals surface area (Å²) < 4.78 is 33.0. The summed E-state index contributed by atoms with van der Waals surface area (Å²) >= 11 is 0. The number of nitrogens with zero attached hydrogens (tertiary/aromatic N) is 2. The Morgan fingerprint density at radius 3 is 2.45 bits per heavy atom. The molecule has 6 heteroatoms. The van der Waals surface area contributed by atoms with E-state index in [9.17, 15) is 8.42 Å². The average molecular weight is 300 g/mol. The molecule has 1 aromatic heterocycles. The zero-order valence-corrected chi connectivity index (χ0v) is 13.6. The molecule has 0 bridgehead atoms. The van der Waals surface area contributed by atoms with Crippen LogP contribution in [0.2, 0.25) is 0 Å². The minimum absolute atomic E-state index is 0.0677. The Labute approximate surface area is 121 Å². The van der Waals surface area contributed by atoms with Crippen LogP contribution in [0.25, 0.3) is 0 Å². The van der Waals surface area contributed by atoms with Crippen LogP contribution in [0.1, 0.15) is 44.6 Å². The molecule has 1 fully saturated rings. The zero-order chi connectivity index (χ0) is 15.1. The van der Waals surface area contributed by atoms with Crippen molar-refractivity contribution in [2.45, 2.75) is 45.7 Å². The average Bonchev–Trinajstić information content (AvgIpc) is 2.91. The minimum atomic E-state index is -3.44. The molecule has 5 nitrogen and oxygen atoms in total. The van der Waals surface area contributed by atoms with Gasteiger partial charge in [-0.1, -0.05) is 6.92 Å². The lowest BCUT2D eigenvalue weighted by molar-refractivity contribution is 0.336. The van der Waals surface area contributed by atoms with Gasteiger partial charge in [-0.2, -0.15) is 17.0 Å². The van der Waals surface area contributed by atoms with Crippen molar-refractivity contribution in [3.05, 3.63) is 23.7 Å². The van der Waals surface area contributed by atoms with Gasteiger partial charge in [0.05, 0.1) is 6.54 Å². The van der Waals surface area contributed by atoms with Gasteiger partial charge in [0.15, 0.2) is 0 Å². The van der Waals surface area contributed by atoms with Crippen LogP contribution in [-0.2, 0) is 16.8 Å². The Morgan fingerprint density at radius 1 is 1.35 bits per heavy atom. The molecule has 1 aromatic rings. The van der Waals surface area contributed by atoms with E-state index in [0.29, 0.717) is 17.6 Å². The molecule has 2 atom stereocenters. The zero-order valence-electron chi connectivity index (χ0n) is 12.8. The van der Waals surface area contributed by atoms with Crippen LogP contribution in [0.15, 0.2) is 16.5 Å². The molecule has 0 unspecified atom stereocenters. The summed E-state index contributed by atoms with van der Waals surface area (Å²) in [5.74, 6) is 2.88. The van der Waals surface area contributed by atoms with Crippen molar-refractivity contribution in [2.24, 2.45) is 5.92 Å². The summed E-state index contributed by atoms with van der Waals surface area (Å²) in [6.45, 7) is 6.16. The van der Waals surface area contributed by atoms with Crippen molar-refractivity contribution in [1.82, 2.24) is 8.61 Å². The summed E-state index contributed by atoms with van der Waals surface area (Å²) in [4.78, 5) is 0. The van der Waals surface area contributed by atoms with E-state index in [2.05, 4.69) is 6.92 Å². The van der Waals surface area contributed by atoms with Gasteiger partial charge in [-0.15, -0.1) is 0 Å². The number of furan rings is 1. The van der Waals surface area contributed by atoms with Crippen molar-refractivity contribution >= 4 is 10.2 Å². The third-order valence-corrected chi connectivity index (χ3v) is 6.09. The summed E-state index contributed by atoms with van der Waals surface area (Å²) in [7, 11) is -0.263. The fourth-order valence-corrected chi connectivity index (χ4v) is 3.45. The lowest BCUT2D eigenvalue weighted by atomic mass is 10.3. The van der Waals surface area contributed by atoms with Crippen LogP contribution in [-0.4, -0.2) is 37.2 Å². The topological polar surface area (TPSA) is 53.8 Å². The van der Waals surface area contributed by atoms with E-state index in [1.165, 1.54) is 8.61 Å². The standard InChI is InChI=1S/C14H24N2O3S/c1-10(2)16(5)20(17,18)15(4)9-12-6-7-14(19-12)13-8-11(13)3/h6-7,10-11,13H,8-9H2,1-5H3/t11-,13+/m0/s1. The van der Waals surface area contributed by atoms with Crippen molar-refractivity contribution in [1.29, 1.82) is 0 Å². The Bertz CT molecular complexity index is 565. The second-order valence-corrected chi connectivity index (χ2v) is 8.09. The van der Waals surface area contributed by atoms with E-state index in [1.807, 2.05) is 26.0 Å². The van der Waals surface area contributed by atoms with Crippen LogP contribution in [0, 0.1) is 5.92 Å². The van der Waals surface area contributed by atoms with Gasteiger partial charge in [-0.25, -0.2) is 0 Å². The predicted molar refractivity (Wildman–Crippen MR) is 78.5 cm³/mol. The Balaban J connectivity index is 2.04. The minimum Gasteiger partial charge on any atom is -0.464 e. The number of hydrogen-bond donors (Lipinski definition) is 0. The van der Waals surface area contributed by atoms with E-state index in [0.717, 1.165) is 12.2 Å². The quantitative estimate of drug-likeness (QED) is 0.810. The van der Waals surface area contributed by atoms with Gasteiger partial charge in [0.25, 0.3) is 10.2 Å². The molecule has 114 valence electrons. The molecule has 0 aliphatic heterocycles. The van der Waals surface area contributed by atoms with Crippen LogP contribution >= 0.6 is 0 Å². The largest absolute Gasteiger partial charge is 0.464 e. The SMILES string of the molecule is CC(C)N(C)S(=O)(=O)N(C)Cc1ccc([C@@H]2C[C@@H]2C)o1. The lowest BCUT2D eigenvalue weighted by Gasteiger charge is -2.26. The van der Waals surface area contributed by atoms with Crippen molar-refractivity contribution < 1.29 is 12.8 Å². The molecule has 0 N–H and O–H groups in total. The maximum atomic E-state index is 12.3. The Hall–Kier alpha value is -0.850. The van der Waals surface area contributed by atoms with E-state index in [1.54, 1.807) is 14.1 Å². The molecule has 20 heavy (non-hydrogen) atoms. The van der Waals surface area contributed by atoms with Crippen molar-refractivity contribution in [2.75, 3.05) is 14.1 Å². The predicted octanol–water partition coefficient (Wildman–Crippen LogP) is 2.42. The molecule has 0 amide bonds. The molecule has 0 spiro atoms. The second-order valence-electron chi connectivity index (χ2n) is 6.00. The molecular formula is C14H24N2O3S. The Kier molecular flexibility index (Phi) is 4.27. The first-order valence-corrected chi connectivity index (χ1v) is 8.41. The van der Waals surface area contributed by atoms with Gasteiger partial charge in [-0.3, -0.25) is 0 Å².